The minimum atomic E-state index is -1.00. The molecular formula is C15H20N4O3S. The lowest BCUT2D eigenvalue weighted by molar-refractivity contribution is -0.0544. The summed E-state index contributed by atoms with van der Waals surface area (Å²) in [5.74, 6) is 0. The van der Waals surface area contributed by atoms with Gasteiger partial charge in [0.1, 0.15) is 0 Å². The van der Waals surface area contributed by atoms with E-state index in [2.05, 4.69) is 14.9 Å². The predicted octanol–water partition coefficient (Wildman–Crippen LogP) is 0.500. The molecule has 2 aromatic heterocycles. The maximum absolute atomic E-state index is 12.1. The Kier molecular flexibility index (Phi) is 4.22. The molecule has 0 bridgehead atoms. The van der Waals surface area contributed by atoms with Crippen LogP contribution in [-0.2, 0) is 6.54 Å². The normalized spacial score (nSPS) is 25.6. The van der Waals surface area contributed by atoms with Gasteiger partial charge < -0.3 is 5.11 Å². The molecule has 0 radical (unpaired) electrons. The zero-order valence-corrected chi connectivity index (χ0v) is 14.0. The van der Waals surface area contributed by atoms with Gasteiger partial charge >= 0.3 is 5.69 Å². The van der Waals surface area contributed by atoms with Crippen LogP contribution in [0.3, 0.4) is 0 Å². The molecule has 2 N–H and O–H groups in total. The number of piperidine rings is 1. The van der Waals surface area contributed by atoms with E-state index in [1.165, 1.54) is 16.8 Å². The highest BCUT2D eigenvalue weighted by atomic mass is 32.1. The maximum atomic E-state index is 12.1. The van der Waals surface area contributed by atoms with Crippen molar-refractivity contribution in [1.29, 1.82) is 0 Å². The van der Waals surface area contributed by atoms with Gasteiger partial charge in [-0.05, 0) is 20.3 Å². The van der Waals surface area contributed by atoms with Crippen LogP contribution in [0.4, 0.5) is 0 Å². The van der Waals surface area contributed by atoms with Crippen molar-refractivity contribution < 1.29 is 5.11 Å². The molecule has 2 atom stereocenters. The molecule has 7 nitrogen and oxygen atoms in total. The number of thiazole rings is 1. The highest BCUT2D eigenvalue weighted by Crippen LogP contribution is 2.31. The van der Waals surface area contributed by atoms with Gasteiger partial charge in [0.15, 0.2) is 0 Å². The number of aliphatic hydroxyl groups is 1. The van der Waals surface area contributed by atoms with Crippen molar-refractivity contribution in [2.24, 2.45) is 0 Å². The van der Waals surface area contributed by atoms with Crippen LogP contribution < -0.4 is 11.2 Å². The summed E-state index contributed by atoms with van der Waals surface area (Å²) in [6.07, 6.45) is 2.00. The molecule has 0 unspecified atom stereocenters. The molecule has 1 aliphatic heterocycles. The van der Waals surface area contributed by atoms with E-state index in [1.54, 1.807) is 18.3 Å². The fraction of sp³-hybridized carbons (Fsp3) is 0.533. The Morgan fingerprint density at radius 1 is 1.52 bits per heavy atom. The predicted molar refractivity (Wildman–Crippen MR) is 87.7 cm³/mol. The SMILES string of the molecule is Cc1nc(CN2CC[C@@](C)(O)[C@H](n3ccc(=O)[nH]c3=O)C2)cs1. The lowest BCUT2D eigenvalue weighted by atomic mass is 9.88. The van der Waals surface area contributed by atoms with E-state index in [4.69, 9.17) is 0 Å². The molecule has 0 aromatic carbocycles. The molecule has 1 saturated heterocycles. The number of aryl methyl sites for hydroxylation is 1. The molecule has 1 aliphatic rings. The first-order valence-corrected chi connectivity index (χ1v) is 8.40. The van der Waals surface area contributed by atoms with E-state index < -0.39 is 22.9 Å². The highest BCUT2D eigenvalue weighted by molar-refractivity contribution is 7.09. The van der Waals surface area contributed by atoms with Crippen molar-refractivity contribution >= 4 is 11.3 Å². The van der Waals surface area contributed by atoms with Crippen molar-refractivity contribution in [3.8, 4) is 0 Å². The van der Waals surface area contributed by atoms with Crippen LogP contribution in [0.1, 0.15) is 30.1 Å². The van der Waals surface area contributed by atoms with Crippen LogP contribution in [0.5, 0.6) is 0 Å². The third kappa shape index (κ3) is 3.44. The topological polar surface area (TPSA) is 91.2 Å². The van der Waals surface area contributed by atoms with Gasteiger partial charge in [-0.25, -0.2) is 9.78 Å². The van der Waals surface area contributed by atoms with Crippen LogP contribution in [0.25, 0.3) is 0 Å². The largest absolute Gasteiger partial charge is 0.388 e. The van der Waals surface area contributed by atoms with Crippen molar-refractivity contribution in [1.82, 2.24) is 19.4 Å². The van der Waals surface area contributed by atoms with E-state index >= 15 is 0 Å². The zero-order chi connectivity index (χ0) is 16.6. The zero-order valence-electron chi connectivity index (χ0n) is 13.2. The van der Waals surface area contributed by atoms with Gasteiger partial charge in [-0.15, -0.1) is 11.3 Å². The Bertz CT molecular complexity index is 807. The van der Waals surface area contributed by atoms with Gasteiger partial charge in [0.2, 0.25) is 0 Å². The van der Waals surface area contributed by atoms with E-state index in [0.717, 1.165) is 17.2 Å². The Hall–Kier alpha value is -1.77. The van der Waals surface area contributed by atoms with Gasteiger partial charge in [0, 0.05) is 37.3 Å². The first-order valence-electron chi connectivity index (χ1n) is 7.52. The third-order valence-electron chi connectivity index (χ3n) is 4.32. The molecule has 3 heterocycles. The van der Waals surface area contributed by atoms with Crippen molar-refractivity contribution in [2.75, 3.05) is 13.1 Å². The lowest BCUT2D eigenvalue weighted by Crippen LogP contribution is -2.53. The van der Waals surface area contributed by atoms with Gasteiger partial charge in [0.05, 0.1) is 22.3 Å². The number of nitrogens with one attached hydrogen (secondary N) is 1. The summed E-state index contributed by atoms with van der Waals surface area (Å²) in [6, 6.07) is 0.889. The average molecular weight is 336 g/mol. The van der Waals surface area contributed by atoms with Crippen molar-refractivity contribution in [3.63, 3.8) is 0 Å². The number of rotatable bonds is 3. The standard InChI is InChI=1S/C15H20N4O3S/c1-10-16-11(9-23-10)7-18-6-4-15(2,22)12(8-18)19-5-3-13(20)17-14(19)21/h3,5,9,12,22H,4,6-8H2,1-2H3,(H,17,20,21)/t12-,15-/m1/s1. The molecular weight excluding hydrogens is 316 g/mol. The lowest BCUT2D eigenvalue weighted by Gasteiger charge is -2.43. The Balaban J connectivity index is 1.84. The number of hydrogen-bond donors (Lipinski definition) is 2. The smallest absolute Gasteiger partial charge is 0.328 e. The summed E-state index contributed by atoms with van der Waals surface area (Å²) in [6.45, 7) is 5.65. The summed E-state index contributed by atoms with van der Waals surface area (Å²) in [7, 11) is 0. The average Bonchev–Trinajstić information content (AvgIpc) is 2.87. The second-order valence-electron chi connectivity index (χ2n) is 6.23. The van der Waals surface area contributed by atoms with Crippen LogP contribution in [0, 0.1) is 6.92 Å². The molecule has 23 heavy (non-hydrogen) atoms. The van der Waals surface area contributed by atoms with Crippen LogP contribution in [0.15, 0.2) is 27.2 Å². The Morgan fingerprint density at radius 2 is 2.30 bits per heavy atom. The van der Waals surface area contributed by atoms with Gasteiger partial charge in [-0.3, -0.25) is 19.2 Å². The van der Waals surface area contributed by atoms with Crippen molar-refractivity contribution in [3.05, 3.63) is 49.2 Å². The maximum Gasteiger partial charge on any atom is 0.328 e. The first-order chi connectivity index (χ1) is 10.8. The highest BCUT2D eigenvalue weighted by Gasteiger charge is 2.39. The second kappa shape index (κ2) is 6.03. The molecule has 1 fully saturated rings. The number of aromatic amines is 1. The van der Waals surface area contributed by atoms with Crippen LogP contribution in [0.2, 0.25) is 0 Å². The summed E-state index contributed by atoms with van der Waals surface area (Å²) < 4.78 is 1.42. The molecule has 124 valence electrons. The first kappa shape index (κ1) is 16.1. The van der Waals surface area contributed by atoms with Crippen LogP contribution >= 0.6 is 11.3 Å². The summed E-state index contributed by atoms with van der Waals surface area (Å²) in [4.78, 5) is 32.2. The van der Waals surface area contributed by atoms with E-state index in [9.17, 15) is 14.7 Å². The number of nitrogens with zero attached hydrogens (tertiary/aromatic N) is 3. The van der Waals surface area contributed by atoms with Gasteiger partial charge in [0.25, 0.3) is 5.56 Å². The number of aromatic nitrogens is 3. The number of H-pyrrole nitrogens is 1. The Morgan fingerprint density at radius 3 is 2.96 bits per heavy atom. The minimum Gasteiger partial charge on any atom is -0.388 e. The number of likely N-dealkylation sites (tertiary alicyclic amines) is 1. The van der Waals surface area contributed by atoms with E-state index in [0.29, 0.717) is 19.5 Å². The molecule has 2 aromatic rings. The van der Waals surface area contributed by atoms with Crippen molar-refractivity contribution in [2.45, 2.75) is 38.5 Å². The second-order valence-corrected chi connectivity index (χ2v) is 7.30. The molecule has 0 spiro atoms. The molecule has 0 saturated carbocycles. The monoisotopic (exact) mass is 336 g/mol. The minimum absolute atomic E-state index is 0.416. The fourth-order valence-corrected chi connectivity index (χ4v) is 3.60. The molecule has 0 aliphatic carbocycles. The third-order valence-corrected chi connectivity index (χ3v) is 5.14. The quantitative estimate of drug-likeness (QED) is 0.852. The summed E-state index contributed by atoms with van der Waals surface area (Å²) >= 11 is 1.61. The van der Waals surface area contributed by atoms with Gasteiger partial charge in [-0.1, -0.05) is 0 Å². The van der Waals surface area contributed by atoms with E-state index in [-0.39, 0.29) is 0 Å². The summed E-state index contributed by atoms with van der Waals surface area (Å²) in [5, 5.41) is 13.7. The van der Waals surface area contributed by atoms with Gasteiger partial charge in [-0.2, -0.15) is 0 Å². The Labute approximate surface area is 137 Å². The molecule has 8 heteroatoms. The summed E-state index contributed by atoms with van der Waals surface area (Å²) in [5.41, 5.74) is -0.927. The van der Waals surface area contributed by atoms with E-state index in [1.807, 2.05) is 12.3 Å². The fourth-order valence-electron chi connectivity index (χ4n) is 3.00. The van der Waals surface area contributed by atoms with Crippen LogP contribution in [-0.4, -0.2) is 43.2 Å². The molecule has 3 rings (SSSR count). The number of hydrogen-bond acceptors (Lipinski definition) is 6. The molecule has 0 amide bonds.